The van der Waals surface area contributed by atoms with E-state index in [1.807, 2.05) is 36.4 Å². The Hall–Kier alpha value is -2.80. The smallest absolute Gasteiger partial charge is 0.253 e. The molecule has 2 aromatic carbocycles. The molecular formula is C17H16N2O2. The van der Waals surface area contributed by atoms with Crippen LogP contribution in [-0.4, -0.2) is 24.4 Å². The van der Waals surface area contributed by atoms with Crippen LogP contribution in [0.2, 0.25) is 0 Å². The highest BCUT2D eigenvalue weighted by Gasteiger charge is 2.12. The maximum Gasteiger partial charge on any atom is 0.253 e. The molecule has 4 heteroatoms. The maximum atomic E-state index is 12.2. The molecule has 0 bridgehead atoms. The Labute approximate surface area is 124 Å². The van der Waals surface area contributed by atoms with Gasteiger partial charge in [0.1, 0.15) is 11.5 Å². The Kier molecular flexibility index (Phi) is 4.94. The average molecular weight is 280 g/mol. The first kappa shape index (κ1) is 14.6. The fourth-order valence-corrected chi connectivity index (χ4v) is 1.86. The van der Waals surface area contributed by atoms with Crippen LogP contribution in [0.15, 0.2) is 54.6 Å². The van der Waals surface area contributed by atoms with Gasteiger partial charge in [-0.05, 0) is 30.3 Å². The molecule has 0 saturated carbocycles. The monoisotopic (exact) mass is 280 g/mol. The Morgan fingerprint density at radius 1 is 1.14 bits per heavy atom. The molecule has 0 aliphatic carbocycles. The number of carbonyl (C=O) groups is 1. The van der Waals surface area contributed by atoms with E-state index in [-0.39, 0.29) is 5.91 Å². The van der Waals surface area contributed by atoms with E-state index in [4.69, 9.17) is 10.00 Å². The van der Waals surface area contributed by atoms with Crippen LogP contribution in [0, 0.1) is 11.3 Å². The van der Waals surface area contributed by atoms with Crippen LogP contribution in [0.1, 0.15) is 16.8 Å². The van der Waals surface area contributed by atoms with E-state index in [1.54, 1.807) is 31.3 Å². The third-order valence-corrected chi connectivity index (χ3v) is 2.97. The molecule has 4 nitrogen and oxygen atoms in total. The Bertz CT molecular complexity index is 647. The number of hydrogen-bond acceptors (Lipinski definition) is 3. The lowest BCUT2D eigenvalue weighted by Crippen LogP contribution is -2.27. The SMILES string of the molecule is CN(CCC#N)C(=O)c1cccc(Oc2ccccc2)c1. The standard InChI is InChI=1S/C17H16N2O2/c1-19(12-6-11-18)17(20)14-7-5-10-16(13-14)21-15-8-3-2-4-9-15/h2-5,7-10,13H,6,12H2,1H3. The van der Waals surface area contributed by atoms with Crippen LogP contribution in [-0.2, 0) is 0 Å². The molecule has 0 unspecified atom stereocenters. The first-order valence-corrected chi connectivity index (χ1v) is 6.66. The molecule has 0 radical (unpaired) electrons. The van der Waals surface area contributed by atoms with Gasteiger partial charge in [0.05, 0.1) is 12.5 Å². The summed E-state index contributed by atoms with van der Waals surface area (Å²) in [7, 11) is 1.68. The Morgan fingerprint density at radius 3 is 2.57 bits per heavy atom. The average Bonchev–Trinajstić information content (AvgIpc) is 2.53. The van der Waals surface area contributed by atoms with E-state index in [0.29, 0.717) is 24.3 Å². The van der Waals surface area contributed by atoms with Crippen LogP contribution in [0.3, 0.4) is 0 Å². The first-order chi connectivity index (χ1) is 10.2. The highest BCUT2D eigenvalue weighted by Crippen LogP contribution is 2.22. The van der Waals surface area contributed by atoms with Crippen molar-refractivity contribution >= 4 is 5.91 Å². The van der Waals surface area contributed by atoms with Crippen molar-refractivity contribution in [3.63, 3.8) is 0 Å². The van der Waals surface area contributed by atoms with Crippen molar-refractivity contribution in [2.75, 3.05) is 13.6 Å². The molecule has 1 amide bonds. The summed E-state index contributed by atoms with van der Waals surface area (Å²) in [6.45, 7) is 0.416. The summed E-state index contributed by atoms with van der Waals surface area (Å²) in [5.41, 5.74) is 0.545. The van der Waals surface area contributed by atoms with Crippen molar-refractivity contribution in [2.45, 2.75) is 6.42 Å². The van der Waals surface area contributed by atoms with Crippen LogP contribution in [0.25, 0.3) is 0 Å². The molecule has 0 fully saturated rings. The van der Waals surface area contributed by atoms with E-state index in [0.717, 1.165) is 5.75 Å². The number of nitrogens with zero attached hydrogens (tertiary/aromatic N) is 2. The van der Waals surface area contributed by atoms with E-state index >= 15 is 0 Å². The molecular weight excluding hydrogens is 264 g/mol. The van der Waals surface area contributed by atoms with Crippen LogP contribution < -0.4 is 4.74 Å². The normalized spacial score (nSPS) is 9.71. The van der Waals surface area contributed by atoms with Crippen molar-refractivity contribution < 1.29 is 9.53 Å². The lowest BCUT2D eigenvalue weighted by Gasteiger charge is -2.16. The Morgan fingerprint density at radius 2 is 1.86 bits per heavy atom. The summed E-state index contributed by atoms with van der Waals surface area (Å²) in [5.74, 6) is 1.21. The molecule has 0 heterocycles. The number of rotatable bonds is 5. The summed E-state index contributed by atoms with van der Waals surface area (Å²) < 4.78 is 5.71. The van der Waals surface area contributed by atoms with Crippen molar-refractivity contribution in [1.29, 1.82) is 5.26 Å². The number of nitriles is 1. The largest absolute Gasteiger partial charge is 0.457 e. The lowest BCUT2D eigenvalue weighted by atomic mass is 10.2. The predicted octanol–water partition coefficient (Wildman–Crippen LogP) is 3.46. The molecule has 0 N–H and O–H groups in total. The molecule has 0 aliphatic rings. The first-order valence-electron chi connectivity index (χ1n) is 6.66. The van der Waals surface area contributed by atoms with Gasteiger partial charge in [-0.1, -0.05) is 24.3 Å². The molecule has 2 rings (SSSR count). The second-order valence-corrected chi connectivity index (χ2v) is 4.58. The van der Waals surface area contributed by atoms with Crippen LogP contribution in [0.5, 0.6) is 11.5 Å². The van der Waals surface area contributed by atoms with Gasteiger partial charge in [0.25, 0.3) is 5.91 Å². The van der Waals surface area contributed by atoms with Gasteiger partial charge in [-0.3, -0.25) is 4.79 Å². The van der Waals surface area contributed by atoms with E-state index in [1.165, 1.54) is 4.90 Å². The molecule has 0 aromatic heterocycles. The Balaban J connectivity index is 2.10. The summed E-state index contributed by atoms with van der Waals surface area (Å²) in [4.78, 5) is 13.7. The number of amides is 1. The van der Waals surface area contributed by atoms with Crippen molar-refractivity contribution in [1.82, 2.24) is 4.90 Å². The van der Waals surface area contributed by atoms with Crippen molar-refractivity contribution in [3.05, 3.63) is 60.2 Å². The fraction of sp³-hybridized carbons (Fsp3) is 0.176. The second-order valence-electron chi connectivity index (χ2n) is 4.58. The molecule has 2 aromatic rings. The topological polar surface area (TPSA) is 53.3 Å². The van der Waals surface area contributed by atoms with Gasteiger partial charge in [-0.15, -0.1) is 0 Å². The van der Waals surface area contributed by atoms with Crippen molar-refractivity contribution in [2.24, 2.45) is 0 Å². The van der Waals surface area contributed by atoms with Gasteiger partial charge in [-0.2, -0.15) is 5.26 Å². The summed E-state index contributed by atoms with van der Waals surface area (Å²) >= 11 is 0. The molecule has 106 valence electrons. The zero-order chi connectivity index (χ0) is 15.1. The quantitative estimate of drug-likeness (QED) is 0.842. The molecule has 0 atom stereocenters. The van der Waals surface area contributed by atoms with Gasteiger partial charge in [0.15, 0.2) is 0 Å². The zero-order valence-electron chi connectivity index (χ0n) is 11.8. The minimum Gasteiger partial charge on any atom is -0.457 e. The summed E-state index contributed by atoms with van der Waals surface area (Å²) in [6, 6.07) is 18.5. The van der Waals surface area contributed by atoms with E-state index < -0.39 is 0 Å². The molecule has 21 heavy (non-hydrogen) atoms. The third-order valence-electron chi connectivity index (χ3n) is 2.97. The minimum absolute atomic E-state index is 0.122. The molecule has 0 aliphatic heterocycles. The number of ether oxygens (including phenoxy) is 1. The van der Waals surface area contributed by atoms with E-state index in [2.05, 4.69) is 0 Å². The predicted molar refractivity (Wildman–Crippen MR) is 80.1 cm³/mol. The van der Waals surface area contributed by atoms with Crippen LogP contribution in [0.4, 0.5) is 0 Å². The number of carbonyl (C=O) groups excluding carboxylic acids is 1. The molecule has 0 saturated heterocycles. The summed E-state index contributed by atoms with van der Waals surface area (Å²) in [6.07, 6.45) is 0.322. The highest BCUT2D eigenvalue weighted by atomic mass is 16.5. The van der Waals surface area contributed by atoms with Gasteiger partial charge >= 0.3 is 0 Å². The summed E-state index contributed by atoms with van der Waals surface area (Å²) in [5, 5.41) is 8.57. The van der Waals surface area contributed by atoms with Crippen molar-refractivity contribution in [3.8, 4) is 17.6 Å². The van der Waals surface area contributed by atoms with E-state index in [9.17, 15) is 4.79 Å². The fourth-order valence-electron chi connectivity index (χ4n) is 1.86. The zero-order valence-corrected chi connectivity index (χ0v) is 11.8. The van der Waals surface area contributed by atoms with Gasteiger partial charge in [0, 0.05) is 19.2 Å². The van der Waals surface area contributed by atoms with Crippen LogP contribution >= 0.6 is 0 Å². The lowest BCUT2D eigenvalue weighted by molar-refractivity contribution is 0.0797. The molecule has 0 spiro atoms. The van der Waals surface area contributed by atoms with Gasteiger partial charge < -0.3 is 9.64 Å². The highest BCUT2D eigenvalue weighted by molar-refractivity contribution is 5.94. The number of para-hydroxylation sites is 1. The maximum absolute atomic E-state index is 12.2. The second kappa shape index (κ2) is 7.11. The van der Waals surface area contributed by atoms with Gasteiger partial charge in [0.2, 0.25) is 0 Å². The third kappa shape index (κ3) is 4.08. The minimum atomic E-state index is -0.122. The number of benzene rings is 2. The van der Waals surface area contributed by atoms with Gasteiger partial charge in [-0.25, -0.2) is 0 Å². The number of hydrogen-bond donors (Lipinski definition) is 0.